The molecule has 0 bridgehead atoms. The number of ether oxygens (including phenoxy) is 1. The van der Waals surface area contributed by atoms with Gasteiger partial charge in [-0.3, -0.25) is 0 Å². The van der Waals surface area contributed by atoms with Crippen LogP contribution in [0.5, 0.6) is 5.75 Å². The lowest BCUT2D eigenvalue weighted by molar-refractivity contribution is -0.0150. The molecule has 2 aliphatic rings. The zero-order valence-electron chi connectivity index (χ0n) is 13.5. The van der Waals surface area contributed by atoms with Gasteiger partial charge in [0.05, 0.1) is 0 Å². The predicted octanol–water partition coefficient (Wildman–Crippen LogP) is 4.85. The van der Waals surface area contributed by atoms with Gasteiger partial charge in [-0.05, 0) is 50.6 Å². The third-order valence-electron chi connectivity index (χ3n) is 5.43. The van der Waals surface area contributed by atoms with Crippen molar-refractivity contribution in [2.75, 3.05) is 6.54 Å². The summed E-state index contributed by atoms with van der Waals surface area (Å²) in [5.41, 5.74) is 1.44. The maximum absolute atomic E-state index is 6.52. The fourth-order valence-corrected chi connectivity index (χ4v) is 4.04. The normalized spacial score (nSPS) is 31.7. The van der Waals surface area contributed by atoms with Crippen LogP contribution in [0, 0.1) is 5.92 Å². The largest absolute Gasteiger partial charge is 0.487 e. The van der Waals surface area contributed by atoms with Gasteiger partial charge in [-0.1, -0.05) is 38.5 Å². The third-order valence-corrected chi connectivity index (χ3v) is 5.43. The molecule has 1 heterocycles. The van der Waals surface area contributed by atoms with E-state index in [4.69, 9.17) is 4.74 Å². The van der Waals surface area contributed by atoms with Crippen molar-refractivity contribution in [3.05, 3.63) is 29.8 Å². The molecule has 1 unspecified atom stereocenters. The third kappa shape index (κ3) is 3.11. The predicted molar refractivity (Wildman–Crippen MR) is 87.7 cm³/mol. The smallest absolute Gasteiger partial charge is 0.124 e. The Hall–Kier alpha value is -1.02. The fourth-order valence-electron chi connectivity index (χ4n) is 4.04. The average Bonchev–Trinajstić information content (AvgIpc) is 2.53. The van der Waals surface area contributed by atoms with E-state index in [1.807, 2.05) is 0 Å². The molecule has 1 saturated carbocycles. The van der Waals surface area contributed by atoms with E-state index in [-0.39, 0.29) is 5.60 Å². The molecule has 1 atom stereocenters. The highest BCUT2D eigenvalue weighted by molar-refractivity contribution is 5.39. The number of hydrogen-bond acceptors (Lipinski definition) is 2. The van der Waals surface area contributed by atoms with Crippen LogP contribution in [0.1, 0.15) is 70.4 Å². The van der Waals surface area contributed by atoms with E-state index < -0.39 is 0 Å². The van der Waals surface area contributed by atoms with E-state index in [9.17, 15) is 0 Å². The van der Waals surface area contributed by atoms with Crippen LogP contribution in [0.15, 0.2) is 24.3 Å². The highest BCUT2D eigenvalue weighted by Gasteiger charge is 2.42. The molecule has 1 spiro atoms. The summed E-state index contributed by atoms with van der Waals surface area (Å²) in [7, 11) is 0. The van der Waals surface area contributed by atoms with Crippen molar-refractivity contribution >= 4 is 0 Å². The van der Waals surface area contributed by atoms with Crippen LogP contribution in [-0.2, 0) is 0 Å². The number of benzene rings is 1. The first kappa shape index (κ1) is 14.9. The van der Waals surface area contributed by atoms with Crippen molar-refractivity contribution in [3.63, 3.8) is 0 Å². The summed E-state index contributed by atoms with van der Waals surface area (Å²) in [5, 5.41) is 3.74. The Morgan fingerprint density at radius 1 is 1.19 bits per heavy atom. The first-order valence-electron chi connectivity index (χ1n) is 8.77. The molecule has 21 heavy (non-hydrogen) atoms. The van der Waals surface area contributed by atoms with Crippen LogP contribution >= 0.6 is 0 Å². The van der Waals surface area contributed by atoms with Gasteiger partial charge in [-0.25, -0.2) is 0 Å². The number of rotatable bonds is 4. The van der Waals surface area contributed by atoms with Gasteiger partial charge in [0, 0.05) is 18.0 Å². The van der Waals surface area contributed by atoms with Gasteiger partial charge in [0.15, 0.2) is 0 Å². The second-order valence-corrected chi connectivity index (χ2v) is 6.89. The number of para-hydroxylation sites is 1. The van der Waals surface area contributed by atoms with Crippen LogP contribution in [0.4, 0.5) is 0 Å². The van der Waals surface area contributed by atoms with E-state index >= 15 is 0 Å². The molecule has 0 saturated heterocycles. The first-order valence-corrected chi connectivity index (χ1v) is 8.77. The monoisotopic (exact) mass is 287 g/mol. The molecule has 0 amide bonds. The summed E-state index contributed by atoms with van der Waals surface area (Å²) < 4.78 is 6.52. The molecule has 0 aromatic heterocycles. The van der Waals surface area contributed by atoms with Crippen molar-refractivity contribution in [3.8, 4) is 5.75 Å². The lowest BCUT2D eigenvalue weighted by atomic mass is 9.73. The zero-order chi connectivity index (χ0) is 14.7. The molecular formula is C19H29NO. The summed E-state index contributed by atoms with van der Waals surface area (Å²) in [6.45, 7) is 5.65. The Bertz CT molecular complexity index is 462. The maximum atomic E-state index is 6.52. The topological polar surface area (TPSA) is 21.3 Å². The summed E-state index contributed by atoms with van der Waals surface area (Å²) in [6, 6.07) is 9.09. The molecule has 1 fully saturated rings. The molecule has 2 nitrogen and oxygen atoms in total. The molecule has 1 aliphatic carbocycles. The zero-order valence-corrected chi connectivity index (χ0v) is 13.5. The SMILES string of the molecule is CCCNC1CC2(CCC(CC)CC2)Oc2ccccc21. The van der Waals surface area contributed by atoms with E-state index in [0.29, 0.717) is 6.04 Å². The fraction of sp³-hybridized carbons (Fsp3) is 0.684. The van der Waals surface area contributed by atoms with Crippen LogP contribution in [0.3, 0.4) is 0 Å². The molecule has 2 heteroatoms. The van der Waals surface area contributed by atoms with Gasteiger partial charge in [-0.2, -0.15) is 0 Å². The molecule has 1 aromatic carbocycles. The minimum absolute atomic E-state index is 0.0887. The molecule has 0 radical (unpaired) electrons. The van der Waals surface area contributed by atoms with Crippen molar-refractivity contribution in [2.45, 2.75) is 70.4 Å². The van der Waals surface area contributed by atoms with Crippen molar-refractivity contribution in [2.24, 2.45) is 5.92 Å². The van der Waals surface area contributed by atoms with Gasteiger partial charge in [0.1, 0.15) is 11.4 Å². The molecule has 116 valence electrons. The van der Waals surface area contributed by atoms with Crippen LogP contribution < -0.4 is 10.1 Å². The molecular weight excluding hydrogens is 258 g/mol. The van der Waals surface area contributed by atoms with Gasteiger partial charge >= 0.3 is 0 Å². The summed E-state index contributed by atoms with van der Waals surface area (Å²) >= 11 is 0. The summed E-state index contributed by atoms with van der Waals surface area (Å²) in [4.78, 5) is 0. The van der Waals surface area contributed by atoms with Crippen molar-refractivity contribution in [1.82, 2.24) is 5.32 Å². The van der Waals surface area contributed by atoms with Gasteiger partial charge in [0.25, 0.3) is 0 Å². The summed E-state index contributed by atoms with van der Waals surface area (Å²) in [5.74, 6) is 2.03. The van der Waals surface area contributed by atoms with Crippen LogP contribution in [0.25, 0.3) is 0 Å². The lowest BCUT2D eigenvalue weighted by Crippen LogP contribution is -2.46. The lowest BCUT2D eigenvalue weighted by Gasteiger charge is -2.46. The van der Waals surface area contributed by atoms with Gasteiger partial charge < -0.3 is 10.1 Å². The van der Waals surface area contributed by atoms with Crippen LogP contribution in [0.2, 0.25) is 0 Å². The number of fused-ring (bicyclic) bond motifs is 1. The quantitative estimate of drug-likeness (QED) is 0.855. The van der Waals surface area contributed by atoms with E-state index in [1.165, 1.54) is 44.1 Å². The standard InChI is InChI=1S/C19H29NO/c1-3-13-20-17-14-19(11-9-15(4-2)10-12-19)21-18-8-6-5-7-16(17)18/h5-8,15,17,20H,3-4,9-14H2,1-2H3. The second kappa shape index (κ2) is 6.39. The molecule has 3 rings (SSSR count). The highest BCUT2D eigenvalue weighted by atomic mass is 16.5. The minimum atomic E-state index is 0.0887. The Morgan fingerprint density at radius 3 is 2.67 bits per heavy atom. The van der Waals surface area contributed by atoms with Gasteiger partial charge in [0.2, 0.25) is 0 Å². The van der Waals surface area contributed by atoms with E-state index in [2.05, 4.69) is 43.4 Å². The Morgan fingerprint density at radius 2 is 1.95 bits per heavy atom. The Balaban J connectivity index is 1.80. The molecule has 1 N–H and O–H groups in total. The second-order valence-electron chi connectivity index (χ2n) is 6.89. The minimum Gasteiger partial charge on any atom is -0.487 e. The molecule has 1 aromatic rings. The number of nitrogens with one attached hydrogen (secondary N) is 1. The average molecular weight is 287 g/mol. The van der Waals surface area contributed by atoms with E-state index in [1.54, 1.807) is 0 Å². The van der Waals surface area contributed by atoms with E-state index in [0.717, 1.165) is 24.6 Å². The Kier molecular flexibility index (Phi) is 4.54. The van der Waals surface area contributed by atoms with Crippen LogP contribution in [-0.4, -0.2) is 12.1 Å². The maximum Gasteiger partial charge on any atom is 0.124 e. The summed E-state index contributed by atoms with van der Waals surface area (Å²) in [6.07, 6.45) is 8.77. The highest BCUT2D eigenvalue weighted by Crippen LogP contribution is 2.47. The first-order chi connectivity index (χ1) is 10.3. The number of hydrogen-bond donors (Lipinski definition) is 1. The molecule has 1 aliphatic heterocycles. The van der Waals surface area contributed by atoms with Gasteiger partial charge in [-0.15, -0.1) is 0 Å². The van der Waals surface area contributed by atoms with Crippen molar-refractivity contribution < 1.29 is 4.74 Å². The Labute approximate surface area is 129 Å². The van der Waals surface area contributed by atoms with Crippen molar-refractivity contribution in [1.29, 1.82) is 0 Å².